The first-order chi connectivity index (χ1) is 15.2. The normalized spacial score (nSPS) is 12.5. The van der Waals surface area contributed by atoms with Crippen LogP contribution in [0.25, 0.3) is 0 Å². The van der Waals surface area contributed by atoms with Gasteiger partial charge in [0.05, 0.1) is 0 Å². The standard InChI is InChI=1S/C16H16BrF2N3O2.C5H10.CH2O2/c1-9(2)11-5-3-4-6-12(11)21-16(23)22-14-13(24-15(18)19)7-10(17)8-20-14;1-5-3-2-4-5;2-1-3/h3-9,15H,1-2H3,(H2,20,21,22,23);5H,2-4H2,1H3;1H,(H,2,3). The van der Waals surface area contributed by atoms with Crippen molar-refractivity contribution in [1.82, 2.24) is 4.98 Å². The van der Waals surface area contributed by atoms with E-state index in [-0.39, 0.29) is 24.0 Å². The Kier molecular flexibility index (Phi) is 12.2. The molecule has 176 valence electrons. The van der Waals surface area contributed by atoms with Gasteiger partial charge in [0.25, 0.3) is 6.47 Å². The summed E-state index contributed by atoms with van der Waals surface area (Å²) in [4.78, 5) is 24.4. The molecule has 0 unspecified atom stereocenters. The number of amides is 2. The van der Waals surface area contributed by atoms with Gasteiger partial charge in [-0.2, -0.15) is 8.78 Å². The molecule has 0 saturated heterocycles. The molecule has 2 amide bonds. The van der Waals surface area contributed by atoms with Crippen LogP contribution in [0, 0.1) is 5.92 Å². The lowest BCUT2D eigenvalue weighted by atomic mass is 9.88. The number of carbonyl (C=O) groups is 2. The maximum Gasteiger partial charge on any atom is 0.387 e. The molecule has 1 aliphatic rings. The van der Waals surface area contributed by atoms with Crippen LogP contribution in [0.15, 0.2) is 41.0 Å². The predicted octanol–water partition coefficient (Wildman–Crippen LogP) is 6.72. The molecule has 0 radical (unpaired) electrons. The summed E-state index contributed by atoms with van der Waals surface area (Å²) < 4.78 is 29.8. The Balaban J connectivity index is 0.000000541. The van der Waals surface area contributed by atoms with E-state index in [1.807, 2.05) is 26.0 Å². The predicted molar refractivity (Wildman–Crippen MR) is 123 cm³/mol. The first-order valence-electron chi connectivity index (χ1n) is 10.0. The van der Waals surface area contributed by atoms with Crippen LogP contribution in [-0.2, 0) is 4.79 Å². The topological polar surface area (TPSA) is 101 Å². The zero-order chi connectivity index (χ0) is 24.1. The number of carboxylic acid groups (broad SMARTS) is 1. The number of urea groups is 1. The highest BCUT2D eigenvalue weighted by Gasteiger charge is 2.15. The fraction of sp³-hybridized carbons (Fsp3) is 0.409. The van der Waals surface area contributed by atoms with Gasteiger partial charge in [-0.05, 0) is 39.4 Å². The number of aromatic nitrogens is 1. The van der Waals surface area contributed by atoms with E-state index < -0.39 is 12.6 Å². The van der Waals surface area contributed by atoms with E-state index in [0.717, 1.165) is 11.5 Å². The number of hydrogen-bond acceptors (Lipinski definition) is 4. The van der Waals surface area contributed by atoms with E-state index in [9.17, 15) is 13.6 Å². The Morgan fingerprint density at radius 3 is 2.38 bits per heavy atom. The molecule has 3 rings (SSSR count). The number of benzene rings is 1. The highest BCUT2D eigenvalue weighted by atomic mass is 79.9. The number of halogens is 3. The van der Waals surface area contributed by atoms with Crippen LogP contribution in [0.2, 0.25) is 0 Å². The van der Waals surface area contributed by atoms with Crippen molar-refractivity contribution in [2.75, 3.05) is 10.6 Å². The molecule has 32 heavy (non-hydrogen) atoms. The third-order valence-electron chi connectivity index (χ3n) is 4.49. The summed E-state index contributed by atoms with van der Waals surface area (Å²) in [6, 6.07) is 8.05. The molecule has 0 spiro atoms. The van der Waals surface area contributed by atoms with Gasteiger partial charge in [0.1, 0.15) is 0 Å². The van der Waals surface area contributed by atoms with Crippen LogP contribution in [0.4, 0.5) is 25.1 Å². The lowest BCUT2D eigenvalue weighted by Gasteiger charge is -2.18. The average Bonchev–Trinajstić information content (AvgIpc) is 2.69. The maximum atomic E-state index is 12.5. The van der Waals surface area contributed by atoms with Gasteiger partial charge in [0.15, 0.2) is 11.6 Å². The molecule has 1 fully saturated rings. The number of nitrogens with zero attached hydrogens (tertiary/aromatic N) is 1. The van der Waals surface area contributed by atoms with Crippen molar-refractivity contribution < 1.29 is 28.2 Å². The molecule has 1 saturated carbocycles. The van der Waals surface area contributed by atoms with Gasteiger partial charge >= 0.3 is 12.6 Å². The number of para-hydroxylation sites is 1. The number of nitrogens with one attached hydrogen (secondary N) is 2. The van der Waals surface area contributed by atoms with Crippen LogP contribution >= 0.6 is 15.9 Å². The Labute approximate surface area is 194 Å². The van der Waals surface area contributed by atoms with E-state index in [0.29, 0.717) is 10.2 Å². The Hall–Kier alpha value is -2.75. The number of carbonyl (C=O) groups excluding carboxylic acids is 1. The minimum absolute atomic E-state index is 0.0990. The fourth-order valence-electron chi connectivity index (χ4n) is 2.69. The van der Waals surface area contributed by atoms with E-state index in [2.05, 4.69) is 43.2 Å². The van der Waals surface area contributed by atoms with Crippen LogP contribution in [0.1, 0.15) is 51.5 Å². The monoisotopic (exact) mass is 515 g/mol. The zero-order valence-corrected chi connectivity index (χ0v) is 19.7. The summed E-state index contributed by atoms with van der Waals surface area (Å²) in [5.74, 6) is 0.949. The summed E-state index contributed by atoms with van der Waals surface area (Å²) in [5, 5.41) is 12.0. The van der Waals surface area contributed by atoms with Crippen LogP contribution in [0.5, 0.6) is 5.75 Å². The second-order valence-electron chi connectivity index (χ2n) is 7.34. The van der Waals surface area contributed by atoms with Crippen molar-refractivity contribution in [1.29, 1.82) is 0 Å². The van der Waals surface area contributed by atoms with Crippen molar-refractivity contribution >= 4 is 39.9 Å². The van der Waals surface area contributed by atoms with Crippen LogP contribution in [0.3, 0.4) is 0 Å². The van der Waals surface area contributed by atoms with Crippen LogP contribution in [-0.4, -0.2) is 29.2 Å². The summed E-state index contributed by atoms with van der Waals surface area (Å²) >= 11 is 3.12. The van der Waals surface area contributed by atoms with Crippen molar-refractivity contribution in [3.05, 3.63) is 46.6 Å². The number of hydrogen-bond donors (Lipinski definition) is 3. The Morgan fingerprint density at radius 2 is 1.88 bits per heavy atom. The molecule has 0 aliphatic heterocycles. The largest absolute Gasteiger partial charge is 0.483 e. The quantitative estimate of drug-likeness (QED) is 0.383. The van der Waals surface area contributed by atoms with Gasteiger partial charge in [-0.25, -0.2) is 9.78 Å². The molecular formula is C22H28BrF2N3O4. The maximum absolute atomic E-state index is 12.5. The Bertz CT molecular complexity index is 865. The third kappa shape index (κ3) is 10.0. The second-order valence-corrected chi connectivity index (χ2v) is 8.26. The van der Waals surface area contributed by atoms with Gasteiger partial charge in [0.2, 0.25) is 0 Å². The van der Waals surface area contributed by atoms with E-state index >= 15 is 0 Å². The van der Waals surface area contributed by atoms with E-state index in [1.54, 1.807) is 12.1 Å². The average molecular weight is 516 g/mol. The lowest BCUT2D eigenvalue weighted by Crippen LogP contribution is -2.22. The van der Waals surface area contributed by atoms with Gasteiger partial charge in [0, 0.05) is 22.4 Å². The summed E-state index contributed by atoms with van der Waals surface area (Å²) in [6.07, 6.45) is 5.83. The summed E-state index contributed by atoms with van der Waals surface area (Å²) in [7, 11) is 0. The smallest absolute Gasteiger partial charge is 0.387 e. The number of rotatable bonds is 5. The molecule has 2 aromatic rings. The number of alkyl halides is 2. The second kappa shape index (κ2) is 14.3. The summed E-state index contributed by atoms with van der Waals surface area (Å²) in [5.41, 5.74) is 1.60. The van der Waals surface area contributed by atoms with Gasteiger partial charge in [-0.15, -0.1) is 0 Å². The molecular weight excluding hydrogens is 488 g/mol. The van der Waals surface area contributed by atoms with Crippen molar-refractivity contribution in [2.45, 2.75) is 52.6 Å². The molecule has 1 aliphatic carbocycles. The molecule has 1 aromatic heterocycles. The lowest BCUT2D eigenvalue weighted by molar-refractivity contribution is -0.122. The number of anilines is 2. The number of pyridine rings is 1. The van der Waals surface area contributed by atoms with E-state index in [1.165, 1.54) is 31.5 Å². The van der Waals surface area contributed by atoms with Gasteiger partial charge in [-0.3, -0.25) is 10.1 Å². The highest BCUT2D eigenvalue weighted by molar-refractivity contribution is 9.10. The first-order valence-corrected chi connectivity index (χ1v) is 10.8. The SMILES string of the molecule is CC(C)c1ccccc1NC(=O)Nc1ncc(Br)cc1OC(F)F.CC1CCC1.O=CO. The Morgan fingerprint density at radius 1 is 1.28 bits per heavy atom. The van der Waals surface area contributed by atoms with E-state index in [4.69, 9.17) is 9.90 Å². The molecule has 0 bridgehead atoms. The van der Waals surface area contributed by atoms with Crippen molar-refractivity contribution in [2.24, 2.45) is 5.92 Å². The first kappa shape index (κ1) is 27.3. The minimum atomic E-state index is -3.02. The van der Waals surface area contributed by atoms with Crippen LogP contribution < -0.4 is 15.4 Å². The minimum Gasteiger partial charge on any atom is -0.483 e. The molecule has 0 atom stereocenters. The van der Waals surface area contributed by atoms with Gasteiger partial charge < -0.3 is 15.2 Å². The number of ether oxygens (including phenoxy) is 1. The summed E-state index contributed by atoms with van der Waals surface area (Å²) in [6.45, 7) is 3.04. The zero-order valence-electron chi connectivity index (χ0n) is 18.1. The third-order valence-corrected chi connectivity index (χ3v) is 4.93. The highest BCUT2D eigenvalue weighted by Crippen LogP contribution is 2.28. The molecule has 7 nitrogen and oxygen atoms in total. The van der Waals surface area contributed by atoms with Gasteiger partial charge in [-0.1, -0.05) is 58.2 Å². The van der Waals surface area contributed by atoms with Crippen molar-refractivity contribution in [3.63, 3.8) is 0 Å². The molecule has 3 N–H and O–H groups in total. The van der Waals surface area contributed by atoms with Crippen molar-refractivity contribution in [3.8, 4) is 5.75 Å². The molecule has 10 heteroatoms. The molecule has 1 heterocycles. The molecule has 1 aromatic carbocycles. The fourth-order valence-corrected chi connectivity index (χ4v) is 3.00.